The van der Waals surface area contributed by atoms with E-state index in [0.717, 1.165) is 26.8 Å². The van der Waals surface area contributed by atoms with Crippen molar-refractivity contribution in [2.75, 3.05) is 5.32 Å². The molecule has 0 unspecified atom stereocenters. The van der Waals surface area contributed by atoms with E-state index < -0.39 is 0 Å². The van der Waals surface area contributed by atoms with Gasteiger partial charge in [0.25, 0.3) is 0 Å². The molecule has 5 heteroatoms. The summed E-state index contributed by atoms with van der Waals surface area (Å²) in [7, 11) is 0. The lowest BCUT2D eigenvalue weighted by molar-refractivity contribution is 1.38. The zero-order chi connectivity index (χ0) is 14.8. The number of hydrogen-bond donors (Lipinski definition) is 1. The Bertz CT molecular complexity index is 871. The Hall–Kier alpha value is -2.09. The lowest BCUT2D eigenvalue weighted by atomic mass is 10.1. The van der Waals surface area contributed by atoms with E-state index in [1.54, 1.807) is 18.3 Å². The fourth-order valence-electron chi connectivity index (χ4n) is 2.07. The summed E-state index contributed by atoms with van der Waals surface area (Å²) in [5.41, 5.74) is 3.04. The molecular weight excluding hydrogens is 350 g/mol. The highest BCUT2D eigenvalue weighted by molar-refractivity contribution is 9.10. The summed E-state index contributed by atoms with van der Waals surface area (Å²) in [5, 5.41) is 13.6. The summed E-state index contributed by atoms with van der Waals surface area (Å²) in [6, 6.07) is 15.2. The van der Waals surface area contributed by atoms with Crippen molar-refractivity contribution >= 4 is 49.8 Å². The first-order chi connectivity index (χ1) is 10.2. The molecule has 1 N–H and O–H groups in total. The van der Waals surface area contributed by atoms with Gasteiger partial charge in [-0.15, -0.1) is 0 Å². The molecule has 1 aromatic heterocycles. The largest absolute Gasteiger partial charge is 0.354 e. The molecule has 3 nitrogen and oxygen atoms in total. The van der Waals surface area contributed by atoms with Gasteiger partial charge in [-0.25, -0.2) is 0 Å². The van der Waals surface area contributed by atoms with Crippen LogP contribution in [-0.4, -0.2) is 4.98 Å². The summed E-state index contributed by atoms with van der Waals surface area (Å²) in [5.74, 6) is 0. The second-order valence-corrected chi connectivity index (χ2v) is 5.79. The highest BCUT2D eigenvalue weighted by Crippen LogP contribution is 2.28. The summed E-state index contributed by atoms with van der Waals surface area (Å²) < 4.78 is 0.938. The van der Waals surface area contributed by atoms with Crippen molar-refractivity contribution < 1.29 is 0 Å². The molecule has 0 radical (unpaired) electrons. The van der Waals surface area contributed by atoms with Crippen molar-refractivity contribution in [2.24, 2.45) is 0 Å². The molecule has 0 amide bonds. The number of benzene rings is 2. The van der Waals surface area contributed by atoms with Crippen LogP contribution in [0.5, 0.6) is 0 Å². The molecule has 0 aliphatic heterocycles. The van der Waals surface area contributed by atoms with E-state index in [0.29, 0.717) is 10.6 Å². The molecule has 0 fully saturated rings. The summed E-state index contributed by atoms with van der Waals surface area (Å²) >= 11 is 9.47. The summed E-state index contributed by atoms with van der Waals surface area (Å²) in [6.45, 7) is 0. The minimum Gasteiger partial charge on any atom is -0.354 e. The van der Waals surface area contributed by atoms with Gasteiger partial charge in [0.2, 0.25) is 0 Å². The maximum atomic E-state index is 8.90. The molecule has 3 rings (SSSR count). The topological polar surface area (TPSA) is 48.7 Å². The molecule has 0 atom stereocenters. The van der Waals surface area contributed by atoms with E-state index >= 15 is 0 Å². The molecule has 0 spiro atoms. The number of nitrogens with zero attached hydrogens (tertiary/aromatic N) is 2. The summed E-state index contributed by atoms with van der Waals surface area (Å²) in [6.07, 6.45) is 1.76. The first-order valence-electron chi connectivity index (χ1n) is 6.18. The Kier molecular flexibility index (Phi) is 3.78. The number of fused-ring (bicyclic) bond motifs is 1. The highest BCUT2D eigenvalue weighted by atomic mass is 79.9. The average Bonchev–Trinajstić information content (AvgIpc) is 2.47. The van der Waals surface area contributed by atoms with Crippen LogP contribution in [0.3, 0.4) is 0 Å². The Balaban J connectivity index is 2.02. The predicted molar refractivity (Wildman–Crippen MR) is 88.9 cm³/mol. The van der Waals surface area contributed by atoms with Crippen molar-refractivity contribution in [3.05, 3.63) is 63.7 Å². The van der Waals surface area contributed by atoms with Gasteiger partial charge in [-0.3, -0.25) is 4.98 Å². The quantitative estimate of drug-likeness (QED) is 0.679. The smallest absolute Gasteiger partial charge is 0.101 e. The first-order valence-corrected chi connectivity index (χ1v) is 7.35. The molecule has 1 heterocycles. The molecule has 0 saturated heterocycles. The number of nitrogens with one attached hydrogen (secondary N) is 1. The fourth-order valence-corrected chi connectivity index (χ4v) is 2.65. The molecule has 0 bridgehead atoms. The SMILES string of the molecule is N#Cc1ccc(Nc2cccc3cc(Br)cnc23)cc1Cl. The standard InChI is InChI=1S/C16H9BrClN3/c17-12-6-10-2-1-3-15(16(10)20-9-12)21-13-5-4-11(8-19)14(18)7-13/h1-7,9,21H. The van der Waals surface area contributed by atoms with Crippen molar-refractivity contribution in [2.45, 2.75) is 0 Å². The van der Waals surface area contributed by atoms with Crippen molar-refractivity contribution in [3.8, 4) is 6.07 Å². The van der Waals surface area contributed by atoms with Gasteiger partial charge < -0.3 is 5.32 Å². The Morgan fingerprint density at radius 3 is 2.81 bits per heavy atom. The molecule has 2 aromatic carbocycles. The highest BCUT2D eigenvalue weighted by Gasteiger charge is 2.05. The number of rotatable bonds is 2. The molecule has 0 aliphatic rings. The van der Waals surface area contributed by atoms with E-state index in [9.17, 15) is 0 Å². The van der Waals surface area contributed by atoms with Gasteiger partial charge in [0.05, 0.1) is 21.8 Å². The number of anilines is 2. The summed E-state index contributed by atoms with van der Waals surface area (Å²) in [4.78, 5) is 4.44. The van der Waals surface area contributed by atoms with Crippen LogP contribution in [0.25, 0.3) is 10.9 Å². The molecule has 3 aromatic rings. The second kappa shape index (κ2) is 5.72. The number of para-hydroxylation sites is 1. The zero-order valence-corrected chi connectivity index (χ0v) is 13.1. The molecule has 21 heavy (non-hydrogen) atoms. The van der Waals surface area contributed by atoms with Gasteiger partial charge in [-0.2, -0.15) is 5.26 Å². The van der Waals surface area contributed by atoms with Gasteiger partial charge in [-0.1, -0.05) is 23.7 Å². The third-order valence-electron chi connectivity index (χ3n) is 3.05. The van der Waals surface area contributed by atoms with E-state index in [1.165, 1.54) is 0 Å². The molecule has 0 saturated carbocycles. The van der Waals surface area contributed by atoms with Gasteiger partial charge >= 0.3 is 0 Å². The van der Waals surface area contributed by atoms with Gasteiger partial charge in [0.15, 0.2) is 0 Å². The van der Waals surface area contributed by atoms with Crippen LogP contribution < -0.4 is 5.32 Å². The van der Waals surface area contributed by atoms with Crippen molar-refractivity contribution in [3.63, 3.8) is 0 Å². The van der Waals surface area contributed by atoms with Crippen LogP contribution in [0.2, 0.25) is 5.02 Å². The molecule has 102 valence electrons. The van der Waals surface area contributed by atoms with Crippen molar-refractivity contribution in [1.82, 2.24) is 4.98 Å². The minimum absolute atomic E-state index is 0.429. The lowest BCUT2D eigenvalue weighted by Gasteiger charge is -2.10. The Morgan fingerprint density at radius 1 is 1.19 bits per heavy atom. The monoisotopic (exact) mass is 357 g/mol. The lowest BCUT2D eigenvalue weighted by Crippen LogP contribution is -1.93. The number of nitriles is 1. The number of pyridine rings is 1. The molecular formula is C16H9BrClN3. The van der Waals surface area contributed by atoms with E-state index in [-0.39, 0.29) is 0 Å². The zero-order valence-electron chi connectivity index (χ0n) is 10.8. The van der Waals surface area contributed by atoms with Gasteiger partial charge in [-0.05, 0) is 46.3 Å². The van der Waals surface area contributed by atoms with E-state index in [2.05, 4.69) is 26.2 Å². The van der Waals surface area contributed by atoms with Crippen molar-refractivity contribution in [1.29, 1.82) is 5.26 Å². The van der Waals surface area contributed by atoms with Crippen LogP contribution in [0.15, 0.2) is 53.1 Å². The number of hydrogen-bond acceptors (Lipinski definition) is 3. The fraction of sp³-hybridized carbons (Fsp3) is 0. The van der Waals surface area contributed by atoms with Crippen LogP contribution in [0, 0.1) is 11.3 Å². The third-order valence-corrected chi connectivity index (χ3v) is 3.79. The van der Waals surface area contributed by atoms with E-state index in [4.69, 9.17) is 16.9 Å². The second-order valence-electron chi connectivity index (χ2n) is 4.46. The first kappa shape index (κ1) is 13.9. The Labute approximate surface area is 135 Å². The maximum absolute atomic E-state index is 8.90. The predicted octanol–water partition coefficient (Wildman–Crippen LogP) is 5.27. The Morgan fingerprint density at radius 2 is 2.05 bits per heavy atom. The van der Waals surface area contributed by atoms with Gasteiger partial charge in [0.1, 0.15) is 6.07 Å². The normalized spacial score (nSPS) is 10.3. The van der Waals surface area contributed by atoms with Crippen LogP contribution in [0.4, 0.5) is 11.4 Å². The van der Waals surface area contributed by atoms with Crippen LogP contribution >= 0.6 is 27.5 Å². The van der Waals surface area contributed by atoms with Crippen LogP contribution in [0.1, 0.15) is 5.56 Å². The third kappa shape index (κ3) is 2.85. The van der Waals surface area contributed by atoms with E-state index in [1.807, 2.05) is 36.4 Å². The number of aromatic nitrogens is 1. The average molecular weight is 359 g/mol. The van der Waals surface area contributed by atoms with Crippen LogP contribution in [-0.2, 0) is 0 Å². The number of halogens is 2. The maximum Gasteiger partial charge on any atom is 0.101 e. The molecule has 0 aliphatic carbocycles. The minimum atomic E-state index is 0.429. The van der Waals surface area contributed by atoms with Gasteiger partial charge in [0, 0.05) is 21.7 Å².